The Bertz CT molecular complexity index is 917. The Morgan fingerprint density at radius 2 is 1.78 bits per heavy atom. The predicted molar refractivity (Wildman–Crippen MR) is 93.8 cm³/mol. The fourth-order valence-corrected chi connectivity index (χ4v) is 3.80. The van der Waals surface area contributed by atoms with Crippen molar-refractivity contribution in [2.24, 2.45) is 0 Å². The first-order valence-electron chi connectivity index (χ1n) is 7.19. The Morgan fingerprint density at radius 1 is 1.09 bits per heavy atom. The van der Waals surface area contributed by atoms with Crippen molar-refractivity contribution in [2.45, 2.75) is 12.3 Å². The number of benzene rings is 2. The van der Waals surface area contributed by atoms with Crippen LogP contribution in [-0.4, -0.2) is 24.8 Å². The molecule has 6 heteroatoms. The van der Waals surface area contributed by atoms with Crippen LogP contribution in [0.5, 0.6) is 0 Å². The Labute approximate surface area is 140 Å². The van der Waals surface area contributed by atoms with Crippen molar-refractivity contribution in [3.63, 3.8) is 0 Å². The third kappa shape index (κ3) is 3.58. The Morgan fingerprint density at radius 3 is 2.52 bits per heavy atom. The van der Waals surface area contributed by atoms with Crippen molar-refractivity contribution in [1.82, 2.24) is 9.29 Å². The van der Waals surface area contributed by atoms with Gasteiger partial charge < -0.3 is 4.98 Å². The fourth-order valence-electron chi connectivity index (χ4n) is 2.50. The summed E-state index contributed by atoms with van der Waals surface area (Å²) in [6.07, 6.45) is 1.86. The Hall–Kier alpha value is -1.82. The number of fused-ring (bicyclic) bond motifs is 1. The van der Waals surface area contributed by atoms with Gasteiger partial charge in [-0.05, 0) is 29.3 Å². The molecule has 3 rings (SSSR count). The van der Waals surface area contributed by atoms with Gasteiger partial charge in [-0.1, -0.05) is 41.9 Å². The topological polar surface area (TPSA) is 53.2 Å². The number of hydrogen-bond donors (Lipinski definition) is 1. The molecule has 1 aromatic heterocycles. The molecule has 0 saturated heterocycles. The highest BCUT2D eigenvalue weighted by atomic mass is 35.5. The molecule has 0 aliphatic heterocycles. The van der Waals surface area contributed by atoms with E-state index in [1.54, 1.807) is 31.3 Å². The third-order valence-electron chi connectivity index (χ3n) is 3.81. The molecule has 4 nitrogen and oxygen atoms in total. The molecule has 0 unspecified atom stereocenters. The molecule has 1 heterocycles. The van der Waals surface area contributed by atoms with Crippen LogP contribution in [-0.2, 0) is 22.3 Å². The minimum atomic E-state index is -3.39. The predicted octanol–water partition coefficient (Wildman–Crippen LogP) is 3.78. The molecule has 0 bridgehead atoms. The zero-order valence-corrected chi connectivity index (χ0v) is 14.2. The molecular weight excluding hydrogens is 332 g/mol. The number of aromatic nitrogens is 1. The second-order valence-corrected chi connectivity index (χ2v) is 8.01. The van der Waals surface area contributed by atoms with E-state index in [0.717, 1.165) is 22.0 Å². The van der Waals surface area contributed by atoms with Crippen LogP contribution >= 0.6 is 11.6 Å². The number of para-hydroxylation sites is 1. The lowest BCUT2D eigenvalue weighted by atomic mass is 10.2. The number of hydrogen-bond acceptors (Lipinski definition) is 2. The summed E-state index contributed by atoms with van der Waals surface area (Å²) in [6.45, 7) is 0.333. The van der Waals surface area contributed by atoms with Crippen molar-refractivity contribution in [2.75, 3.05) is 7.05 Å². The first-order valence-corrected chi connectivity index (χ1v) is 9.18. The van der Waals surface area contributed by atoms with Crippen LogP contribution < -0.4 is 0 Å². The van der Waals surface area contributed by atoms with Crippen molar-refractivity contribution in [3.05, 3.63) is 70.9 Å². The molecule has 0 saturated carbocycles. The average molecular weight is 349 g/mol. The standard InChI is InChI=1S/C17H17ClN2O2S/c1-20(11-14-10-19-17-5-3-2-4-16(14)17)23(21,22)12-13-6-8-15(18)9-7-13/h2-10,19H,11-12H2,1H3. The van der Waals surface area contributed by atoms with Gasteiger partial charge in [0.1, 0.15) is 0 Å². The molecule has 0 aliphatic rings. The van der Waals surface area contributed by atoms with Gasteiger partial charge in [0.25, 0.3) is 0 Å². The van der Waals surface area contributed by atoms with Crippen LogP contribution in [0.2, 0.25) is 5.02 Å². The van der Waals surface area contributed by atoms with Crippen molar-refractivity contribution >= 4 is 32.5 Å². The van der Waals surface area contributed by atoms with Crippen LogP contribution in [0.15, 0.2) is 54.7 Å². The zero-order chi connectivity index (χ0) is 16.4. The third-order valence-corrected chi connectivity index (χ3v) is 5.83. The zero-order valence-electron chi connectivity index (χ0n) is 12.7. The lowest BCUT2D eigenvalue weighted by molar-refractivity contribution is 0.467. The van der Waals surface area contributed by atoms with Gasteiger partial charge in [0.2, 0.25) is 10.0 Å². The van der Waals surface area contributed by atoms with Crippen LogP contribution in [0.4, 0.5) is 0 Å². The number of halogens is 1. The molecule has 0 spiro atoms. The van der Waals surface area contributed by atoms with E-state index in [1.165, 1.54) is 4.31 Å². The van der Waals surface area contributed by atoms with Gasteiger partial charge in [0.05, 0.1) is 5.75 Å². The van der Waals surface area contributed by atoms with Gasteiger partial charge in [0, 0.05) is 35.7 Å². The average Bonchev–Trinajstić information content (AvgIpc) is 2.93. The summed E-state index contributed by atoms with van der Waals surface area (Å²) in [7, 11) is -1.79. The number of nitrogens with zero attached hydrogens (tertiary/aromatic N) is 1. The van der Waals surface area contributed by atoms with Crippen LogP contribution in [0.1, 0.15) is 11.1 Å². The summed E-state index contributed by atoms with van der Waals surface area (Å²) in [5.41, 5.74) is 2.69. The van der Waals surface area contributed by atoms with E-state index in [-0.39, 0.29) is 5.75 Å². The summed E-state index contributed by atoms with van der Waals surface area (Å²) < 4.78 is 26.4. The maximum absolute atomic E-state index is 12.5. The Kier molecular flexibility index (Phi) is 4.43. The van der Waals surface area contributed by atoms with E-state index < -0.39 is 10.0 Å². The molecule has 0 radical (unpaired) electrons. The summed E-state index contributed by atoms with van der Waals surface area (Å²) in [4.78, 5) is 3.16. The summed E-state index contributed by atoms with van der Waals surface area (Å²) in [5, 5.41) is 1.64. The van der Waals surface area contributed by atoms with Gasteiger partial charge in [-0.3, -0.25) is 0 Å². The first kappa shape index (κ1) is 16.1. The maximum Gasteiger partial charge on any atom is 0.218 e. The first-order chi connectivity index (χ1) is 11.0. The molecule has 0 amide bonds. The minimum absolute atomic E-state index is 0.0387. The maximum atomic E-state index is 12.5. The van der Waals surface area contributed by atoms with E-state index in [4.69, 9.17) is 11.6 Å². The molecular formula is C17H17ClN2O2S. The van der Waals surface area contributed by atoms with Gasteiger partial charge in [-0.25, -0.2) is 12.7 Å². The smallest absolute Gasteiger partial charge is 0.218 e. The normalized spacial score (nSPS) is 12.1. The highest BCUT2D eigenvalue weighted by molar-refractivity contribution is 7.88. The molecule has 1 N–H and O–H groups in total. The molecule has 2 aromatic carbocycles. The lowest BCUT2D eigenvalue weighted by Crippen LogP contribution is -2.27. The van der Waals surface area contributed by atoms with E-state index in [0.29, 0.717) is 11.6 Å². The largest absolute Gasteiger partial charge is 0.361 e. The highest BCUT2D eigenvalue weighted by Gasteiger charge is 2.20. The molecule has 0 atom stereocenters. The Balaban J connectivity index is 1.78. The van der Waals surface area contributed by atoms with Gasteiger partial charge in [0.15, 0.2) is 0 Å². The van der Waals surface area contributed by atoms with E-state index >= 15 is 0 Å². The van der Waals surface area contributed by atoms with E-state index in [1.807, 2.05) is 30.5 Å². The van der Waals surface area contributed by atoms with Crippen LogP contribution in [0, 0.1) is 0 Å². The highest BCUT2D eigenvalue weighted by Crippen LogP contribution is 2.21. The second-order valence-electron chi connectivity index (χ2n) is 5.50. The number of sulfonamides is 1. The summed E-state index contributed by atoms with van der Waals surface area (Å²) in [5.74, 6) is -0.0387. The van der Waals surface area contributed by atoms with Crippen molar-refractivity contribution < 1.29 is 8.42 Å². The van der Waals surface area contributed by atoms with Crippen molar-refractivity contribution in [3.8, 4) is 0 Å². The van der Waals surface area contributed by atoms with Crippen molar-refractivity contribution in [1.29, 1.82) is 0 Å². The summed E-state index contributed by atoms with van der Waals surface area (Å²) >= 11 is 5.83. The molecule has 0 fully saturated rings. The van der Waals surface area contributed by atoms with E-state index in [9.17, 15) is 8.42 Å². The lowest BCUT2D eigenvalue weighted by Gasteiger charge is -2.17. The van der Waals surface area contributed by atoms with Crippen LogP contribution in [0.3, 0.4) is 0 Å². The molecule has 3 aromatic rings. The van der Waals surface area contributed by atoms with E-state index in [2.05, 4.69) is 4.98 Å². The molecule has 0 aliphatic carbocycles. The monoisotopic (exact) mass is 348 g/mol. The number of nitrogens with one attached hydrogen (secondary N) is 1. The second kappa shape index (κ2) is 6.35. The molecule has 120 valence electrons. The number of rotatable bonds is 5. The molecule has 23 heavy (non-hydrogen) atoms. The quantitative estimate of drug-likeness (QED) is 0.762. The number of H-pyrrole nitrogens is 1. The van der Waals surface area contributed by atoms with Gasteiger partial charge >= 0.3 is 0 Å². The van der Waals surface area contributed by atoms with Crippen LogP contribution in [0.25, 0.3) is 10.9 Å². The number of aromatic amines is 1. The van der Waals surface area contributed by atoms with Gasteiger partial charge in [-0.15, -0.1) is 0 Å². The fraction of sp³-hybridized carbons (Fsp3) is 0.176. The van der Waals surface area contributed by atoms with Gasteiger partial charge in [-0.2, -0.15) is 0 Å². The minimum Gasteiger partial charge on any atom is -0.361 e. The summed E-state index contributed by atoms with van der Waals surface area (Å²) in [6, 6.07) is 14.7. The SMILES string of the molecule is CN(Cc1c[nH]c2ccccc12)S(=O)(=O)Cc1ccc(Cl)cc1.